The third-order valence-electron chi connectivity index (χ3n) is 3.00. The highest BCUT2D eigenvalue weighted by Crippen LogP contribution is 2.28. The van der Waals surface area contributed by atoms with Crippen LogP contribution in [0.25, 0.3) is 0 Å². The molecule has 0 fully saturated rings. The topological polar surface area (TPSA) is 68.3 Å². The Bertz CT molecular complexity index is 770. The Labute approximate surface area is 157 Å². The fourth-order valence-corrected chi connectivity index (χ4v) is 3.97. The molecule has 5 nitrogen and oxygen atoms in total. The van der Waals surface area contributed by atoms with E-state index in [2.05, 4.69) is 10.3 Å². The second-order valence-electron chi connectivity index (χ2n) is 4.96. The maximum absolute atomic E-state index is 13.1. The Kier molecular flexibility index (Phi) is 7.22. The van der Waals surface area contributed by atoms with E-state index in [1.165, 1.54) is 41.3 Å². The van der Waals surface area contributed by atoms with Crippen molar-refractivity contribution in [1.82, 2.24) is 4.98 Å². The molecule has 0 saturated carbocycles. The number of benzene rings is 1. The summed E-state index contributed by atoms with van der Waals surface area (Å²) in [6.07, 6.45) is 0.111. The van der Waals surface area contributed by atoms with E-state index in [9.17, 15) is 14.0 Å². The number of thiazole rings is 1. The highest BCUT2D eigenvalue weighted by atomic mass is 35.5. The Morgan fingerprint density at radius 1 is 1.48 bits per heavy atom. The first kappa shape index (κ1) is 19.7. The minimum Gasteiger partial charge on any atom is -0.466 e. The van der Waals surface area contributed by atoms with E-state index in [0.717, 1.165) is 0 Å². The maximum Gasteiger partial charge on any atom is 0.311 e. The number of anilines is 1. The minimum absolute atomic E-state index is 0.0540. The van der Waals surface area contributed by atoms with Crippen LogP contribution in [0.5, 0.6) is 0 Å². The van der Waals surface area contributed by atoms with Crippen molar-refractivity contribution in [3.63, 3.8) is 0 Å². The third kappa shape index (κ3) is 5.98. The first-order valence-electron chi connectivity index (χ1n) is 7.41. The SMILES string of the molecule is CCOC(=O)Cc1csc(S[C@H](C)C(=O)Nc2ccc(F)c(Cl)c2)n1. The number of hydrogen-bond acceptors (Lipinski definition) is 6. The van der Waals surface area contributed by atoms with Gasteiger partial charge in [-0.1, -0.05) is 23.4 Å². The number of esters is 1. The van der Waals surface area contributed by atoms with Crippen LogP contribution in [0.4, 0.5) is 10.1 Å². The third-order valence-corrected chi connectivity index (χ3v) is 5.41. The Hall–Kier alpha value is -1.64. The molecule has 0 bridgehead atoms. The van der Waals surface area contributed by atoms with E-state index >= 15 is 0 Å². The van der Waals surface area contributed by atoms with Gasteiger partial charge in [0.05, 0.1) is 29.0 Å². The lowest BCUT2D eigenvalue weighted by atomic mass is 10.3. The number of halogens is 2. The normalized spacial score (nSPS) is 11.8. The van der Waals surface area contributed by atoms with Crippen LogP contribution >= 0.6 is 34.7 Å². The van der Waals surface area contributed by atoms with Gasteiger partial charge in [0.1, 0.15) is 5.82 Å². The summed E-state index contributed by atoms with van der Waals surface area (Å²) >= 11 is 8.33. The number of thioether (sulfide) groups is 1. The van der Waals surface area contributed by atoms with Crippen molar-refractivity contribution in [3.8, 4) is 0 Å². The molecule has 0 saturated heterocycles. The smallest absolute Gasteiger partial charge is 0.311 e. The van der Waals surface area contributed by atoms with Crippen LogP contribution < -0.4 is 5.32 Å². The van der Waals surface area contributed by atoms with Gasteiger partial charge in [0.25, 0.3) is 0 Å². The van der Waals surface area contributed by atoms with Crippen LogP contribution in [0.1, 0.15) is 19.5 Å². The highest BCUT2D eigenvalue weighted by Gasteiger charge is 2.18. The van der Waals surface area contributed by atoms with Gasteiger partial charge in [-0.3, -0.25) is 9.59 Å². The van der Waals surface area contributed by atoms with Crippen molar-refractivity contribution in [2.45, 2.75) is 29.9 Å². The number of rotatable bonds is 7. The van der Waals surface area contributed by atoms with Crippen LogP contribution in [0, 0.1) is 5.82 Å². The van der Waals surface area contributed by atoms with Gasteiger partial charge in [-0.15, -0.1) is 11.3 Å². The molecule has 0 aliphatic heterocycles. The average molecular weight is 403 g/mol. The number of ether oxygens (including phenoxy) is 1. The van der Waals surface area contributed by atoms with Crippen molar-refractivity contribution in [3.05, 3.63) is 40.1 Å². The zero-order chi connectivity index (χ0) is 18.4. The Morgan fingerprint density at radius 3 is 2.92 bits per heavy atom. The summed E-state index contributed by atoms with van der Waals surface area (Å²) < 4.78 is 18.7. The van der Waals surface area contributed by atoms with E-state index in [1.807, 2.05) is 0 Å². The molecule has 1 aromatic heterocycles. The number of amides is 1. The molecule has 25 heavy (non-hydrogen) atoms. The van der Waals surface area contributed by atoms with Crippen molar-refractivity contribution in [2.24, 2.45) is 0 Å². The summed E-state index contributed by atoms with van der Waals surface area (Å²) in [6, 6.07) is 3.99. The van der Waals surface area contributed by atoms with Crippen LogP contribution in [0.3, 0.4) is 0 Å². The summed E-state index contributed by atoms with van der Waals surface area (Å²) in [7, 11) is 0. The lowest BCUT2D eigenvalue weighted by Crippen LogP contribution is -2.22. The number of hydrogen-bond donors (Lipinski definition) is 1. The van der Waals surface area contributed by atoms with Gasteiger partial charge in [-0.05, 0) is 32.0 Å². The first-order valence-corrected chi connectivity index (χ1v) is 9.55. The molecule has 2 rings (SSSR count). The average Bonchev–Trinajstić information content (AvgIpc) is 2.98. The van der Waals surface area contributed by atoms with Gasteiger partial charge in [0.15, 0.2) is 4.34 Å². The monoisotopic (exact) mass is 402 g/mol. The molecule has 2 aromatic rings. The predicted molar refractivity (Wildman–Crippen MR) is 97.8 cm³/mol. The van der Waals surface area contributed by atoms with E-state index in [1.54, 1.807) is 19.2 Å². The van der Waals surface area contributed by atoms with E-state index in [0.29, 0.717) is 22.3 Å². The van der Waals surface area contributed by atoms with Gasteiger partial charge in [0, 0.05) is 11.1 Å². The zero-order valence-corrected chi connectivity index (χ0v) is 15.9. The molecule has 1 amide bonds. The van der Waals surface area contributed by atoms with Crippen molar-refractivity contribution < 1.29 is 18.7 Å². The molecule has 0 aliphatic rings. The fourth-order valence-electron chi connectivity index (χ4n) is 1.81. The van der Waals surface area contributed by atoms with Crippen LogP contribution in [0.15, 0.2) is 27.9 Å². The molecular weight excluding hydrogens is 387 g/mol. The second kappa shape index (κ2) is 9.17. The lowest BCUT2D eigenvalue weighted by molar-refractivity contribution is -0.142. The summed E-state index contributed by atoms with van der Waals surface area (Å²) in [5.41, 5.74) is 1.04. The number of nitrogens with one attached hydrogen (secondary N) is 1. The summed E-state index contributed by atoms with van der Waals surface area (Å²) in [5.74, 6) is -1.13. The largest absolute Gasteiger partial charge is 0.466 e. The quantitative estimate of drug-likeness (QED) is 0.556. The highest BCUT2D eigenvalue weighted by molar-refractivity contribution is 8.02. The first-order chi connectivity index (χ1) is 11.9. The van der Waals surface area contributed by atoms with Crippen molar-refractivity contribution in [2.75, 3.05) is 11.9 Å². The number of carbonyl (C=O) groups is 2. The molecule has 1 N–H and O–H groups in total. The standard InChI is InChI=1S/C16H16ClFN2O3S2/c1-3-23-14(21)7-11-8-24-16(20-11)25-9(2)15(22)19-10-4-5-13(18)12(17)6-10/h4-6,8-9H,3,7H2,1-2H3,(H,19,22)/t9-/m1/s1. The summed E-state index contributed by atoms with van der Waals surface area (Å²) in [4.78, 5) is 28.0. The maximum atomic E-state index is 13.1. The van der Waals surface area contributed by atoms with Crippen LogP contribution in [-0.2, 0) is 20.7 Å². The Morgan fingerprint density at radius 2 is 2.24 bits per heavy atom. The number of carbonyl (C=O) groups excluding carboxylic acids is 2. The summed E-state index contributed by atoms with van der Waals surface area (Å²) in [6.45, 7) is 3.81. The predicted octanol–water partition coefficient (Wildman–Crippen LogP) is 4.16. The van der Waals surface area contributed by atoms with Gasteiger partial charge < -0.3 is 10.1 Å². The van der Waals surface area contributed by atoms with Crippen LogP contribution in [-0.4, -0.2) is 28.7 Å². The zero-order valence-electron chi connectivity index (χ0n) is 13.5. The van der Waals surface area contributed by atoms with Gasteiger partial charge in [-0.25, -0.2) is 9.37 Å². The molecule has 0 unspecified atom stereocenters. The number of aromatic nitrogens is 1. The second-order valence-corrected chi connectivity index (χ2v) is 7.82. The fraction of sp³-hybridized carbons (Fsp3) is 0.312. The number of nitrogens with zero attached hydrogens (tertiary/aromatic N) is 1. The van der Waals surface area contributed by atoms with E-state index in [-0.39, 0.29) is 23.3 Å². The van der Waals surface area contributed by atoms with Crippen LogP contribution in [0.2, 0.25) is 5.02 Å². The van der Waals surface area contributed by atoms with Crippen molar-refractivity contribution >= 4 is 52.3 Å². The molecule has 1 atom stereocenters. The molecular formula is C16H16ClFN2O3S2. The van der Waals surface area contributed by atoms with E-state index in [4.69, 9.17) is 16.3 Å². The van der Waals surface area contributed by atoms with Crippen molar-refractivity contribution in [1.29, 1.82) is 0 Å². The molecule has 0 aliphatic carbocycles. The molecule has 9 heteroatoms. The minimum atomic E-state index is -0.543. The molecule has 134 valence electrons. The summed E-state index contributed by atoms with van der Waals surface area (Å²) in [5, 5.41) is 3.97. The molecule has 0 radical (unpaired) electrons. The van der Waals surface area contributed by atoms with Gasteiger partial charge in [0.2, 0.25) is 5.91 Å². The van der Waals surface area contributed by atoms with Gasteiger partial charge >= 0.3 is 5.97 Å². The molecule has 1 aromatic carbocycles. The Balaban J connectivity index is 1.91. The lowest BCUT2D eigenvalue weighted by Gasteiger charge is -2.10. The molecule has 0 spiro atoms. The molecule has 1 heterocycles. The van der Waals surface area contributed by atoms with Gasteiger partial charge in [-0.2, -0.15) is 0 Å². The van der Waals surface area contributed by atoms with E-state index < -0.39 is 11.1 Å².